The first-order chi connectivity index (χ1) is 13.3. The van der Waals surface area contributed by atoms with Crippen LogP contribution >= 0.6 is 0 Å². The van der Waals surface area contributed by atoms with Crippen molar-refractivity contribution in [3.63, 3.8) is 0 Å². The lowest BCUT2D eigenvalue weighted by atomic mass is 10.0. The first-order valence-electron chi connectivity index (χ1n) is 9.05. The Labute approximate surface area is 165 Å². The van der Waals surface area contributed by atoms with Gasteiger partial charge in [0.05, 0.1) is 38.5 Å². The van der Waals surface area contributed by atoms with Gasteiger partial charge in [0.25, 0.3) is 0 Å². The molecule has 1 fully saturated rings. The Morgan fingerprint density at radius 1 is 1.21 bits per heavy atom. The lowest BCUT2D eigenvalue weighted by molar-refractivity contribution is -0.122. The molecule has 10 heteroatoms. The first-order valence-corrected chi connectivity index (χ1v) is 10.7. The summed E-state index contributed by atoms with van der Waals surface area (Å²) in [4.78, 5) is 23.8. The van der Waals surface area contributed by atoms with Crippen molar-refractivity contribution < 1.29 is 27.5 Å². The van der Waals surface area contributed by atoms with Gasteiger partial charge in [-0.05, 0) is 17.7 Å². The van der Waals surface area contributed by atoms with Crippen LogP contribution in [0.2, 0.25) is 0 Å². The van der Waals surface area contributed by atoms with Crippen molar-refractivity contribution in [2.45, 2.75) is 19.4 Å². The summed E-state index contributed by atoms with van der Waals surface area (Å²) in [5.41, 5.74) is 0.757. The van der Waals surface area contributed by atoms with E-state index in [9.17, 15) is 18.0 Å². The molecule has 1 heterocycles. The molecule has 0 bridgehead atoms. The Hall–Kier alpha value is -2.17. The van der Waals surface area contributed by atoms with Gasteiger partial charge < -0.3 is 20.1 Å². The van der Waals surface area contributed by atoms with Gasteiger partial charge in [-0.15, -0.1) is 0 Å². The van der Waals surface area contributed by atoms with E-state index in [1.807, 2.05) is 0 Å². The summed E-state index contributed by atoms with van der Waals surface area (Å²) >= 11 is 0. The summed E-state index contributed by atoms with van der Waals surface area (Å²) in [6.45, 7) is 2.81. The van der Waals surface area contributed by atoms with Crippen LogP contribution in [0.15, 0.2) is 24.3 Å². The van der Waals surface area contributed by atoms with Gasteiger partial charge in [-0.2, -0.15) is 4.31 Å². The Morgan fingerprint density at radius 3 is 2.43 bits per heavy atom. The third kappa shape index (κ3) is 6.77. The van der Waals surface area contributed by atoms with Crippen molar-refractivity contribution in [2.75, 3.05) is 45.7 Å². The van der Waals surface area contributed by atoms with Gasteiger partial charge in [0.1, 0.15) is 5.75 Å². The van der Waals surface area contributed by atoms with E-state index in [-0.39, 0.29) is 30.5 Å². The lowest BCUT2D eigenvalue weighted by Crippen LogP contribution is -2.44. The number of amides is 2. The molecule has 2 N–H and O–H groups in total. The quantitative estimate of drug-likeness (QED) is 0.591. The normalized spacial score (nSPS) is 16.2. The number of carbonyl (C=O) groups excluding carboxylic acids is 2. The predicted molar refractivity (Wildman–Crippen MR) is 103 cm³/mol. The summed E-state index contributed by atoms with van der Waals surface area (Å²) < 4.78 is 36.2. The molecule has 2 amide bonds. The maximum atomic E-state index is 12.3. The fourth-order valence-electron chi connectivity index (χ4n) is 2.86. The van der Waals surface area contributed by atoms with E-state index >= 15 is 0 Å². The Kier molecular flexibility index (Phi) is 8.21. The van der Waals surface area contributed by atoms with E-state index in [1.165, 1.54) is 11.2 Å². The number of morpholine rings is 1. The van der Waals surface area contributed by atoms with Gasteiger partial charge in [0.15, 0.2) is 0 Å². The number of rotatable bonds is 9. The van der Waals surface area contributed by atoms with E-state index < -0.39 is 16.1 Å². The second kappa shape index (κ2) is 10.4. The van der Waals surface area contributed by atoms with Crippen molar-refractivity contribution in [1.29, 1.82) is 0 Å². The van der Waals surface area contributed by atoms with Gasteiger partial charge >= 0.3 is 0 Å². The monoisotopic (exact) mass is 413 g/mol. The zero-order valence-corrected chi connectivity index (χ0v) is 17.0. The van der Waals surface area contributed by atoms with Gasteiger partial charge in [-0.1, -0.05) is 12.1 Å². The van der Waals surface area contributed by atoms with Crippen LogP contribution in [0.5, 0.6) is 5.75 Å². The molecule has 1 aromatic carbocycles. The number of hydrogen-bond donors (Lipinski definition) is 2. The minimum atomic E-state index is -3.43. The molecule has 0 spiro atoms. The van der Waals surface area contributed by atoms with Crippen LogP contribution in [0.25, 0.3) is 0 Å². The van der Waals surface area contributed by atoms with Crippen molar-refractivity contribution in [2.24, 2.45) is 0 Å². The van der Waals surface area contributed by atoms with Crippen LogP contribution in [-0.4, -0.2) is 70.2 Å². The van der Waals surface area contributed by atoms with Crippen molar-refractivity contribution in [3.05, 3.63) is 29.8 Å². The average Bonchev–Trinajstić information content (AvgIpc) is 2.68. The highest BCUT2D eigenvalue weighted by atomic mass is 32.2. The Bertz CT molecular complexity index is 760. The summed E-state index contributed by atoms with van der Waals surface area (Å²) in [7, 11) is -1.88. The molecule has 0 aromatic heterocycles. The van der Waals surface area contributed by atoms with Gasteiger partial charge in [0.2, 0.25) is 21.8 Å². The topological polar surface area (TPSA) is 114 Å². The molecule has 0 aliphatic carbocycles. The summed E-state index contributed by atoms with van der Waals surface area (Å²) in [5, 5.41) is 5.36. The Balaban J connectivity index is 1.89. The largest absolute Gasteiger partial charge is 0.497 e. The van der Waals surface area contributed by atoms with Crippen LogP contribution < -0.4 is 15.4 Å². The smallest absolute Gasteiger partial charge is 0.222 e. The van der Waals surface area contributed by atoms with Gasteiger partial charge in [-0.3, -0.25) is 9.59 Å². The molecule has 1 saturated heterocycles. The van der Waals surface area contributed by atoms with Gasteiger partial charge in [0, 0.05) is 26.6 Å². The summed E-state index contributed by atoms with van der Waals surface area (Å²) in [6, 6.07) is 6.53. The molecule has 1 atom stereocenters. The predicted octanol–water partition coefficient (Wildman–Crippen LogP) is 0.0407. The van der Waals surface area contributed by atoms with Crippen LogP contribution in [0.4, 0.5) is 0 Å². The van der Waals surface area contributed by atoms with Gasteiger partial charge in [-0.25, -0.2) is 8.42 Å². The summed E-state index contributed by atoms with van der Waals surface area (Å²) in [6.07, 6.45) is 0.00348. The highest BCUT2D eigenvalue weighted by Crippen LogP contribution is 2.20. The molecule has 0 radical (unpaired) electrons. The number of hydrogen-bond acceptors (Lipinski definition) is 6. The highest BCUT2D eigenvalue weighted by Gasteiger charge is 2.24. The molecule has 1 unspecified atom stereocenters. The maximum Gasteiger partial charge on any atom is 0.222 e. The fourth-order valence-corrected chi connectivity index (χ4v) is 4.19. The van der Waals surface area contributed by atoms with E-state index in [4.69, 9.17) is 9.47 Å². The molecule has 1 aliphatic heterocycles. The minimum absolute atomic E-state index is 0.00348. The fraction of sp³-hybridized carbons (Fsp3) is 0.556. The SMILES string of the molecule is COc1ccc(C(CC(=O)NCCS(=O)(=O)N2CCOCC2)NC(C)=O)cc1. The number of benzene rings is 1. The third-order valence-electron chi connectivity index (χ3n) is 4.33. The molecule has 0 saturated carbocycles. The van der Waals surface area contributed by atoms with Crippen LogP contribution in [0, 0.1) is 0 Å². The third-order valence-corrected chi connectivity index (χ3v) is 6.20. The molecule has 28 heavy (non-hydrogen) atoms. The number of ether oxygens (including phenoxy) is 2. The molecular formula is C18H27N3O6S. The molecule has 9 nitrogen and oxygen atoms in total. The number of sulfonamides is 1. The number of nitrogens with zero attached hydrogens (tertiary/aromatic N) is 1. The maximum absolute atomic E-state index is 12.3. The standard InChI is InChI=1S/C18H27N3O6S/c1-14(22)20-17(15-3-5-16(26-2)6-4-15)13-18(23)19-7-12-28(24,25)21-8-10-27-11-9-21/h3-6,17H,7-13H2,1-2H3,(H,19,23)(H,20,22). The second-order valence-electron chi connectivity index (χ2n) is 6.41. The average molecular weight is 413 g/mol. The number of carbonyl (C=O) groups is 2. The molecule has 1 aliphatic rings. The first kappa shape index (κ1) is 22.1. The molecule has 2 rings (SSSR count). The van der Waals surface area contributed by atoms with Crippen LogP contribution in [0.3, 0.4) is 0 Å². The number of nitrogens with one attached hydrogen (secondary N) is 2. The van der Waals surface area contributed by atoms with E-state index in [1.54, 1.807) is 31.4 Å². The van der Waals surface area contributed by atoms with Crippen molar-refractivity contribution in [3.8, 4) is 5.75 Å². The zero-order valence-electron chi connectivity index (χ0n) is 16.1. The number of methoxy groups -OCH3 is 1. The van der Waals surface area contributed by atoms with Crippen molar-refractivity contribution >= 4 is 21.8 Å². The molecular weight excluding hydrogens is 386 g/mol. The van der Waals surface area contributed by atoms with E-state index in [0.29, 0.717) is 32.1 Å². The Morgan fingerprint density at radius 2 is 1.86 bits per heavy atom. The molecule has 1 aromatic rings. The lowest BCUT2D eigenvalue weighted by Gasteiger charge is -2.26. The van der Waals surface area contributed by atoms with E-state index in [2.05, 4.69) is 10.6 Å². The van der Waals surface area contributed by atoms with Crippen molar-refractivity contribution in [1.82, 2.24) is 14.9 Å². The minimum Gasteiger partial charge on any atom is -0.497 e. The molecule has 156 valence electrons. The van der Waals surface area contributed by atoms with Crippen LogP contribution in [0.1, 0.15) is 24.9 Å². The highest BCUT2D eigenvalue weighted by molar-refractivity contribution is 7.89. The second-order valence-corrected chi connectivity index (χ2v) is 8.50. The summed E-state index contributed by atoms with van der Waals surface area (Å²) in [5.74, 6) is -0.107. The van der Waals surface area contributed by atoms with E-state index in [0.717, 1.165) is 5.56 Å². The zero-order chi connectivity index (χ0) is 20.6. The van der Waals surface area contributed by atoms with Crippen LogP contribution in [-0.2, 0) is 24.3 Å².